The lowest BCUT2D eigenvalue weighted by molar-refractivity contribution is 0.229. The number of hydrogen-bond donors (Lipinski definition) is 1. The van der Waals surface area contributed by atoms with Crippen molar-refractivity contribution >= 4 is 15.9 Å². The molecule has 14 heavy (non-hydrogen) atoms. The Morgan fingerprint density at radius 1 is 1.64 bits per heavy atom. The van der Waals surface area contributed by atoms with Crippen LogP contribution in [-0.4, -0.2) is 24.0 Å². The molecule has 0 amide bonds. The van der Waals surface area contributed by atoms with Gasteiger partial charge in [-0.05, 0) is 41.4 Å². The zero-order valence-corrected chi connectivity index (χ0v) is 9.66. The number of likely N-dealkylation sites (tertiary alicyclic amines) is 1. The van der Waals surface area contributed by atoms with Gasteiger partial charge in [0.2, 0.25) is 0 Å². The Hall–Kier alpha value is -0.320. The highest BCUT2D eigenvalue weighted by Crippen LogP contribution is 2.24. The summed E-state index contributed by atoms with van der Waals surface area (Å²) in [5, 5.41) is 0. The Bertz CT molecular complexity index is 300. The lowest BCUT2D eigenvalue weighted by atomic mass is 10.2. The molecule has 1 fully saturated rings. The fourth-order valence-electron chi connectivity index (χ4n) is 1.99. The second-order valence-corrected chi connectivity index (χ2v) is 4.55. The van der Waals surface area contributed by atoms with Gasteiger partial charge in [-0.15, -0.1) is 0 Å². The van der Waals surface area contributed by atoms with Crippen LogP contribution in [0.3, 0.4) is 0 Å². The Labute approximate surface area is 92.4 Å². The number of rotatable bonds is 3. The summed E-state index contributed by atoms with van der Waals surface area (Å²) in [6, 6.07) is 2.47. The van der Waals surface area contributed by atoms with Crippen LogP contribution in [0.4, 0.5) is 0 Å². The Morgan fingerprint density at radius 3 is 3.14 bits per heavy atom. The molecule has 1 unspecified atom stereocenters. The summed E-state index contributed by atoms with van der Waals surface area (Å²) in [7, 11) is 0. The minimum Gasteiger partial charge on any atom is -0.467 e. The molecule has 78 valence electrons. The van der Waals surface area contributed by atoms with Gasteiger partial charge in [-0.1, -0.05) is 0 Å². The molecular weight excluding hydrogens is 244 g/mol. The number of halogens is 1. The van der Waals surface area contributed by atoms with Gasteiger partial charge in [-0.3, -0.25) is 4.90 Å². The molecule has 0 saturated carbocycles. The molecule has 0 bridgehead atoms. The summed E-state index contributed by atoms with van der Waals surface area (Å²) in [5.74, 6) is 1.00. The van der Waals surface area contributed by atoms with E-state index in [-0.39, 0.29) is 0 Å². The highest BCUT2D eigenvalue weighted by Gasteiger charge is 2.24. The monoisotopic (exact) mass is 258 g/mol. The van der Waals surface area contributed by atoms with Crippen LogP contribution in [0.25, 0.3) is 0 Å². The van der Waals surface area contributed by atoms with E-state index in [9.17, 15) is 0 Å². The molecule has 1 aliphatic heterocycles. The lowest BCUT2D eigenvalue weighted by Crippen LogP contribution is -2.34. The Morgan fingerprint density at radius 2 is 2.50 bits per heavy atom. The average molecular weight is 259 g/mol. The van der Waals surface area contributed by atoms with Crippen molar-refractivity contribution in [3.8, 4) is 0 Å². The van der Waals surface area contributed by atoms with Gasteiger partial charge in [0.15, 0.2) is 0 Å². The molecule has 1 aliphatic rings. The molecule has 2 heterocycles. The van der Waals surface area contributed by atoms with Gasteiger partial charge >= 0.3 is 0 Å². The van der Waals surface area contributed by atoms with E-state index in [2.05, 4.69) is 20.8 Å². The highest BCUT2D eigenvalue weighted by molar-refractivity contribution is 9.10. The number of furan rings is 1. The van der Waals surface area contributed by atoms with E-state index < -0.39 is 0 Å². The normalized spacial score (nSPS) is 23.1. The summed E-state index contributed by atoms with van der Waals surface area (Å²) in [6.45, 7) is 2.75. The summed E-state index contributed by atoms with van der Waals surface area (Å²) in [5.41, 5.74) is 5.71. The maximum atomic E-state index is 5.71. The van der Waals surface area contributed by atoms with Crippen molar-refractivity contribution in [2.45, 2.75) is 25.4 Å². The van der Waals surface area contributed by atoms with Crippen molar-refractivity contribution in [3.05, 3.63) is 22.6 Å². The fourth-order valence-corrected chi connectivity index (χ4v) is 2.32. The van der Waals surface area contributed by atoms with Gasteiger partial charge < -0.3 is 10.2 Å². The zero-order chi connectivity index (χ0) is 9.97. The molecule has 2 rings (SSSR count). The maximum Gasteiger partial charge on any atom is 0.131 e. The molecule has 1 aromatic rings. The second kappa shape index (κ2) is 4.47. The van der Waals surface area contributed by atoms with Crippen LogP contribution in [0.5, 0.6) is 0 Å². The van der Waals surface area contributed by atoms with E-state index in [1.165, 1.54) is 12.8 Å². The fraction of sp³-hybridized carbons (Fsp3) is 0.600. The van der Waals surface area contributed by atoms with Gasteiger partial charge in [0.05, 0.1) is 17.3 Å². The number of hydrogen-bond acceptors (Lipinski definition) is 3. The molecule has 0 spiro atoms. The first-order valence-electron chi connectivity index (χ1n) is 4.97. The van der Waals surface area contributed by atoms with Gasteiger partial charge in [-0.25, -0.2) is 0 Å². The molecule has 0 aromatic carbocycles. The molecule has 1 atom stereocenters. The first-order chi connectivity index (χ1) is 6.81. The molecule has 0 radical (unpaired) electrons. The van der Waals surface area contributed by atoms with Crippen LogP contribution < -0.4 is 5.73 Å². The van der Waals surface area contributed by atoms with Crippen LogP contribution in [0.1, 0.15) is 18.6 Å². The van der Waals surface area contributed by atoms with E-state index in [1.54, 1.807) is 6.26 Å². The largest absolute Gasteiger partial charge is 0.467 e. The highest BCUT2D eigenvalue weighted by atomic mass is 79.9. The molecule has 3 nitrogen and oxygen atoms in total. The minimum atomic E-state index is 0.534. The van der Waals surface area contributed by atoms with Crippen LogP contribution in [-0.2, 0) is 6.54 Å². The van der Waals surface area contributed by atoms with E-state index in [0.717, 1.165) is 29.9 Å². The van der Waals surface area contributed by atoms with Gasteiger partial charge in [0.1, 0.15) is 5.76 Å². The molecule has 1 aromatic heterocycles. The van der Waals surface area contributed by atoms with E-state index >= 15 is 0 Å². The van der Waals surface area contributed by atoms with Crippen molar-refractivity contribution in [3.63, 3.8) is 0 Å². The molecule has 0 aliphatic carbocycles. The lowest BCUT2D eigenvalue weighted by Gasteiger charge is -2.21. The third-order valence-corrected chi connectivity index (χ3v) is 3.52. The third-order valence-electron chi connectivity index (χ3n) is 2.81. The summed E-state index contributed by atoms with van der Waals surface area (Å²) in [6.07, 6.45) is 4.18. The standard InChI is InChI=1S/C10H15BrN2O/c11-9-3-5-14-10(9)7-13-4-1-2-8(13)6-12/h3,5,8H,1-2,4,6-7,12H2. The van der Waals surface area contributed by atoms with Crippen LogP contribution in [0.2, 0.25) is 0 Å². The van der Waals surface area contributed by atoms with Crippen LogP contribution >= 0.6 is 15.9 Å². The Balaban J connectivity index is 2.00. The SMILES string of the molecule is NCC1CCCN1Cc1occc1Br. The van der Waals surface area contributed by atoms with Crippen molar-refractivity contribution in [2.24, 2.45) is 5.73 Å². The number of nitrogens with zero attached hydrogens (tertiary/aromatic N) is 1. The molecule has 2 N–H and O–H groups in total. The first kappa shape index (κ1) is 10.2. The van der Waals surface area contributed by atoms with Crippen molar-refractivity contribution < 1.29 is 4.42 Å². The van der Waals surface area contributed by atoms with Crippen LogP contribution in [0, 0.1) is 0 Å². The second-order valence-electron chi connectivity index (χ2n) is 3.69. The first-order valence-corrected chi connectivity index (χ1v) is 5.76. The van der Waals surface area contributed by atoms with Crippen LogP contribution in [0.15, 0.2) is 21.2 Å². The maximum absolute atomic E-state index is 5.71. The summed E-state index contributed by atoms with van der Waals surface area (Å²) < 4.78 is 6.45. The molecule has 1 saturated heterocycles. The quantitative estimate of drug-likeness (QED) is 0.902. The van der Waals surface area contributed by atoms with E-state index in [1.807, 2.05) is 6.07 Å². The smallest absolute Gasteiger partial charge is 0.131 e. The average Bonchev–Trinajstić information content (AvgIpc) is 2.77. The van der Waals surface area contributed by atoms with E-state index in [4.69, 9.17) is 10.2 Å². The van der Waals surface area contributed by atoms with Gasteiger partial charge in [-0.2, -0.15) is 0 Å². The van der Waals surface area contributed by atoms with Crippen molar-refractivity contribution in [1.82, 2.24) is 4.90 Å². The topological polar surface area (TPSA) is 42.4 Å². The molecule has 4 heteroatoms. The summed E-state index contributed by atoms with van der Waals surface area (Å²) in [4.78, 5) is 2.39. The number of nitrogens with two attached hydrogens (primary N) is 1. The zero-order valence-electron chi connectivity index (χ0n) is 8.08. The minimum absolute atomic E-state index is 0.534. The van der Waals surface area contributed by atoms with Crippen molar-refractivity contribution in [1.29, 1.82) is 0 Å². The van der Waals surface area contributed by atoms with E-state index in [0.29, 0.717) is 6.04 Å². The Kier molecular flexibility index (Phi) is 3.26. The summed E-state index contributed by atoms with van der Waals surface area (Å²) >= 11 is 3.46. The third kappa shape index (κ3) is 2.02. The van der Waals surface area contributed by atoms with Gasteiger partial charge in [0, 0.05) is 12.6 Å². The predicted molar refractivity (Wildman–Crippen MR) is 58.9 cm³/mol. The van der Waals surface area contributed by atoms with Gasteiger partial charge in [0.25, 0.3) is 0 Å². The predicted octanol–water partition coefficient (Wildman–Crippen LogP) is 1.97. The molecular formula is C10H15BrN2O. The van der Waals surface area contributed by atoms with Crippen molar-refractivity contribution in [2.75, 3.05) is 13.1 Å².